The molecule has 1 nitrogen and oxygen atoms in total. The van der Waals surface area contributed by atoms with Crippen LogP contribution in [-0.4, -0.2) is 11.4 Å². The molecule has 3 unspecified atom stereocenters. The van der Waals surface area contributed by atoms with Crippen LogP contribution in [0.2, 0.25) is 0 Å². The van der Waals surface area contributed by atoms with Crippen LogP contribution >= 0.6 is 11.8 Å². The monoisotopic (exact) mass is 365 g/mol. The summed E-state index contributed by atoms with van der Waals surface area (Å²) in [7, 11) is 0. The molecule has 0 bridgehead atoms. The maximum absolute atomic E-state index is 15.0. The molecule has 142 valence electrons. The van der Waals surface area contributed by atoms with Crippen molar-refractivity contribution in [3.63, 3.8) is 0 Å². The molecule has 3 saturated carbocycles. The lowest BCUT2D eigenvalue weighted by Crippen LogP contribution is -2.36. The van der Waals surface area contributed by atoms with E-state index in [1.165, 1.54) is 82.4 Å². The number of alkyl halides is 1. The Bertz CT molecular complexity index is 432. The molecule has 3 aliphatic carbocycles. The number of nitriles is 1. The second-order valence-electron chi connectivity index (χ2n) is 9.07. The largest absolute Gasteiger partial charge is 0.247 e. The van der Waals surface area contributed by atoms with E-state index in [0.29, 0.717) is 23.0 Å². The molecule has 3 atom stereocenters. The van der Waals surface area contributed by atoms with Crippen LogP contribution in [-0.2, 0) is 0 Å². The molecule has 0 N–H and O–H groups in total. The summed E-state index contributed by atoms with van der Waals surface area (Å²) in [6.07, 6.45) is 15.5. The fourth-order valence-corrected chi connectivity index (χ4v) is 6.85. The van der Waals surface area contributed by atoms with Crippen LogP contribution in [0.3, 0.4) is 0 Å². The molecule has 0 aliphatic heterocycles. The van der Waals surface area contributed by atoms with Gasteiger partial charge in [-0.25, -0.2) is 4.39 Å². The molecule has 0 spiro atoms. The van der Waals surface area contributed by atoms with E-state index in [0.717, 1.165) is 24.7 Å². The van der Waals surface area contributed by atoms with Gasteiger partial charge in [0.1, 0.15) is 11.6 Å². The van der Waals surface area contributed by atoms with Crippen molar-refractivity contribution in [1.29, 1.82) is 5.26 Å². The number of halogens is 1. The van der Waals surface area contributed by atoms with Gasteiger partial charge in [-0.3, -0.25) is 0 Å². The zero-order valence-corrected chi connectivity index (χ0v) is 16.8. The molecule has 25 heavy (non-hydrogen) atoms. The first kappa shape index (κ1) is 19.5. The average molecular weight is 366 g/mol. The van der Waals surface area contributed by atoms with Crippen molar-refractivity contribution < 1.29 is 4.39 Å². The molecular weight excluding hydrogens is 329 g/mol. The van der Waals surface area contributed by atoms with Crippen LogP contribution in [0, 0.1) is 40.3 Å². The lowest BCUT2D eigenvalue weighted by molar-refractivity contribution is 0.0364. The molecule has 0 radical (unpaired) electrons. The zero-order valence-electron chi connectivity index (χ0n) is 16.0. The molecular formula is C22H36FNS. The highest BCUT2D eigenvalue weighted by Gasteiger charge is 2.40. The van der Waals surface area contributed by atoms with Gasteiger partial charge in [0.25, 0.3) is 0 Å². The summed E-state index contributed by atoms with van der Waals surface area (Å²) < 4.78 is 15.0. The molecule has 0 aromatic rings. The van der Waals surface area contributed by atoms with Gasteiger partial charge in [-0.1, -0.05) is 32.6 Å². The Morgan fingerprint density at radius 1 is 0.880 bits per heavy atom. The van der Waals surface area contributed by atoms with Gasteiger partial charge in [0, 0.05) is 5.25 Å². The van der Waals surface area contributed by atoms with Gasteiger partial charge in [0.15, 0.2) is 0 Å². The third kappa shape index (κ3) is 5.15. The van der Waals surface area contributed by atoms with E-state index in [4.69, 9.17) is 5.26 Å². The summed E-state index contributed by atoms with van der Waals surface area (Å²) in [5.41, 5.74) is 0. The number of nitrogens with zero attached hydrogens (tertiary/aromatic N) is 1. The van der Waals surface area contributed by atoms with E-state index in [-0.39, 0.29) is 0 Å². The second kappa shape index (κ2) is 9.63. The third-order valence-corrected chi connectivity index (χ3v) is 8.57. The minimum absolute atomic E-state index is 0.365. The number of thioether (sulfide) groups is 1. The summed E-state index contributed by atoms with van der Waals surface area (Å²) >= 11 is 1.46. The van der Waals surface area contributed by atoms with Crippen molar-refractivity contribution in [3.05, 3.63) is 0 Å². The fraction of sp³-hybridized carbons (Fsp3) is 0.955. The van der Waals surface area contributed by atoms with E-state index >= 15 is 4.39 Å². The van der Waals surface area contributed by atoms with Crippen LogP contribution in [0.15, 0.2) is 0 Å². The predicted octanol–water partition coefficient (Wildman–Crippen LogP) is 7.12. The molecule has 0 heterocycles. The molecule has 0 aromatic carbocycles. The number of hydrogen-bond donors (Lipinski definition) is 0. The topological polar surface area (TPSA) is 23.8 Å². The normalized spacial score (nSPS) is 42.7. The molecule has 3 aliphatic rings. The van der Waals surface area contributed by atoms with Crippen molar-refractivity contribution in [2.45, 2.75) is 102 Å². The van der Waals surface area contributed by atoms with Crippen LogP contribution in [0.1, 0.15) is 90.4 Å². The molecule has 3 heteroatoms. The summed E-state index contributed by atoms with van der Waals surface area (Å²) in [5.74, 6) is 3.32. The van der Waals surface area contributed by atoms with Crippen molar-refractivity contribution in [1.82, 2.24) is 0 Å². The van der Waals surface area contributed by atoms with Crippen molar-refractivity contribution in [2.75, 3.05) is 0 Å². The zero-order chi connectivity index (χ0) is 17.6. The minimum atomic E-state index is -0.544. The Hall–Kier alpha value is -0.230. The highest BCUT2D eigenvalue weighted by molar-refractivity contribution is 8.04. The van der Waals surface area contributed by atoms with E-state index in [1.54, 1.807) is 0 Å². The first-order chi connectivity index (χ1) is 12.2. The van der Waals surface area contributed by atoms with E-state index < -0.39 is 6.17 Å². The van der Waals surface area contributed by atoms with Crippen molar-refractivity contribution >= 4 is 11.8 Å². The van der Waals surface area contributed by atoms with Crippen molar-refractivity contribution in [3.8, 4) is 5.40 Å². The Kier molecular flexibility index (Phi) is 7.52. The van der Waals surface area contributed by atoms with Gasteiger partial charge < -0.3 is 0 Å². The van der Waals surface area contributed by atoms with Crippen LogP contribution < -0.4 is 0 Å². The summed E-state index contributed by atoms with van der Waals surface area (Å²) in [5, 5.41) is 11.6. The SMILES string of the molecule is CCCC1CCC(C2CCC(C3CCC(SC#N)CC3)CC2F)CC1. The van der Waals surface area contributed by atoms with Gasteiger partial charge in [-0.15, -0.1) is 0 Å². The smallest absolute Gasteiger partial charge is 0.133 e. The Labute approximate surface area is 158 Å². The molecule has 0 saturated heterocycles. The number of hydrogen-bond acceptors (Lipinski definition) is 2. The number of rotatable bonds is 5. The molecule has 0 amide bonds. The average Bonchev–Trinajstić information content (AvgIpc) is 2.64. The molecule has 3 rings (SSSR count). The van der Waals surface area contributed by atoms with Gasteiger partial charge in [0.2, 0.25) is 0 Å². The Morgan fingerprint density at radius 3 is 2.12 bits per heavy atom. The quantitative estimate of drug-likeness (QED) is 0.484. The van der Waals surface area contributed by atoms with Crippen LogP contribution in [0.25, 0.3) is 0 Å². The maximum Gasteiger partial charge on any atom is 0.133 e. The standard InChI is InChI=1S/C22H36FNS/c1-2-3-16-4-6-18(7-5-16)21-13-10-19(14-22(21)23)17-8-11-20(12-9-17)25-15-24/h16-22H,2-14H2,1H3. The number of thiocyanates is 1. The summed E-state index contributed by atoms with van der Waals surface area (Å²) in [6.45, 7) is 2.29. The highest BCUT2D eigenvalue weighted by Crippen LogP contribution is 2.47. The molecule has 3 fully saturated rings. The van der Waals surface area contributed by atoms with Gasteiger partial charge >= 0.3 is 0 Å². The van der Waals surface area contributed by atoms with Gasteiger partial charge in [-0.2, -0.15) is 5.26 Å². The maximum atomic E-state index is 15.0. The Balaban J connectivity index is 1.43. The lowest BCUT2D eigenvalue weighted by Gasteiger charge is -2.43. The van der Waals surface area contributed by atoms with Crippen LogP contribution in [0.4, 0.5) is 4.39 Å². The Morgan fingerprint density at radius 2 is 1.52 bits per heavy atom. The van der Waals surface area contributed by atoms with E-state index in [9.17, 15) is 0 Å². The summed E-state index contributed by atoms with van der Waals surface area (Å²) in [4.78, 5) is 0. The van der Waals surface area contributed by atoms with E-state index in [1.807, 2.05) is 0 Å². The second-order valence-corrected chi connectivity index (χ2v) is 10.2. The molecule has 0 aromatic heterocycles. The van der Waals surface area contributed by atoms with Crippen LogP contribution in [0.5, 0.6) is 0 Å². The lowest BCUT2D eigenvalue weighted by atomic mass is 9.64. The first-order valence-corrected chi connectivity index (χ1v) is 11.8. The fourth-order valence-electron chi connectivity index (χ4n) is 6.19. The van der Waals surface area contributed by atoms with E-state index in [2.05, 4.69) is 12.3 Å². The predicted molar refractivity (Wildman–Crippen MR) is 105 cm³/mol. The minimum Gasteiger partial charge on any atom is -0.247 e. The third-order valence-electron chi connectivity index (χ3n) is 7.66. The first-order valence-electron chi connectivity index (χ1n) is 10.9. The summed E-state index contributed by atoms with van der Waals surface area (Å²) in [6, 6.07) is 0. The highest BCUT2D eigenvalue weighted by atomic mass is 32.2. The van der Waals surface area contributed by atoms with Gasteiger partial charge in [0.05, 0.1) is 0 Å². The van der Waals surface area contributed by atoms with Crippen molar-refractivity contribution in [2.24, 2.45) is 29.6 Å². The van der Waals surface area contributed by atoms with Gasteiger partial charge in [-0.05, 0) is 99.1 Å².